The second-order valence-electron chi connectivity index (χ2n) is 28.9. The molecule has 0 aromatic carbocycles. The van der Waals surface area contributed by atoms with Crippen LogP contribution >= 0.6 is 15.6 Å². The van der Waals surface area contributed by atoms with E-state index in [0.29, 0.717) is 25.7 Å². The number of unbranched alkanes of at least 4 members (excludes halogenated alkanes) is 42. The van der Waals surface area contributed by atoms with E-state index in [1.807, 2.05) is 0 Å². The van der Waals surface area contributed by atoms with Crippen molar-refractivity contribution < 1.29 is 80.2 Å². The van der Waals surface area contributed by atoms with Gasteiger partial charge < -0.3 is 33.8 Å². The number of carbonyl (C=O) groups is 4. The van der Waals surface area contributed by atoms with E-state index >= 15 is 0 Å². The second kappa shape index (κ2) is 67.5. The molecule has 0 saturated heterocycles. The number of hydrogen-bond acceptors (Lipinski definition) is 15. The molecule has 0 spiro atoms. The number of rotatable bonds is 75. The van der Waals surface area contributed by atoms with Gasteiger partial charge in [-0.2, -0.15) is 0 Å². The number of esters is 4. The molecule has 3 N–H and O–H groups in total. The highest BCUT2D eigenvalue weighted by atomic mass is 31.2. The van der Waals surface area contributed by atoms with Gasteiger partial charge in [0.25, 0.3) is 0 Å². The van der Waals surface area contributed by atoms with Gasteiger partial charge in [0, 0.05) is 25.7 Å². The van der Waals surface area contributed by atoms with Crippen molar-refractivity contribution in [3.05, 3.63) is 0 Å². The Kier molecular flexibility index (Phi) is 66.2. The Morgan fingerprint density at radius 1 is 0.302 bits per heavy atom. The summed E-state index contributed by atoms with van der Waals surface area (Å²) in [5, 5.41) is 10.6. The molecule has 0 saturated carbocycles. The Balaban J connectivity index is 5.16. The first-order chi connectivity index (χ1) is 46.3. The van der Waals surface area contributed by atoms with Gasteiger partial charge in [0.1, 0.15) is 19.3 Å². The van der Waals surface area contributed by atoms with Gasteiger partial charge in [-0.3, -0.25) is 37.3 Å². The van der Waals surface area contributed by atoms with Crippen LogP contribution < -0.4 is 0 Å². The Labute approximate surface area is 588 Å². The molecule has 0 aliphatic rings. The van der Waals surface area contributed by atoms with Crippen LogP contribution in [0.2, 0.25) is 0 Å². The summed E-state index contributed by atoms with van der Waals surface area (Å²) < 4.78 is 68.4. The molecule has 0 aromatic rings. The molecule has 6 atom stereocenters. The van der Waals surface area contributed by atoms with E-state index in [0.717, 1.165) is 120 Å². The van der Waals surface area contributed by atoms with Gasteiger partial charge in [0.15, 0.2) is 12.2 Å². The highest BCUT2D eigenvalue weighted by molar-refractivity contribution is 7.47. The molecule has 0 heterocycles. The molecular weight excluding hydrogens is 1260 g/mol. The van der Waals surface area contributed by atoms with Crippen LogP contribution in [0.4, 0.5) is 0 Å². The molecular formula is C77H150O17P2. The predicted molar refractivity (Wildman–Crippen MR) is 391 cm³/mol. The molecule has 17 nitrogen and oxygen atoms in total. The standard InChI is InChI=1S/C77H150O17P2/c1-8-10-11-12-34-44-51-58-74(79)87-64-72(94-77(82)61-54-47-40-33-32-36-42-49-56-69(5)6)66-91-95(83,84)89-62-71(78)63-90-96(85,86)92-67-73(65-88-75(80)59-52-45-38-30-26-23-19-20-24-28-35-41-48-55-68(3)4)93-76(81)60-53-46-39-31-27-22-18-16-14-13-15-17-21-25-29-37-43-50-57-70(7)9-2/h68-73,78H,8-67H2,1-7H3,(H,83,84)(H,85,86)/t70?,71-,72+,73+/m0/s1. The third-order valence-electron chi connectivity index (χ3n) is 18.2. The summed E-state index contributed by atoms with van der Waals surface area (Å²) in [6, 6.07) is 0. The van der Waals surface area contributed by atoms with Crippen LogP contribution in [-0.2, 0) is 65.4 Å². The van der Waals surface area contributed by atoms with Crippen molar-refractivity contribution in [2.45, 2.75) is 414 Å². The maximum absolute atomic E-state index is 13.1. The zero-order valence-electron chi connectivity index (χ0n) is 62.8. The first-order valence-electron chi connectivity index (χ1n) is 39.9. The van der Waals surface area contributed by atoms with E-state index in [1.54, 1.807) is 0 Å². The highest BCUT2D eigenvalue weighted by Gasteiger charge is 2.30. The van der Waals surface area contributed by atoms with Gasteiger partial charge in [0.05, 0.1) is 26.4 Å². The smallest absolute Gasteiger partial charge is 0.462 e. The van der Waals surface area contributed by atoms with Crippen LogP contribution in [0.15, 0.2) is 0 Å². The predicted octanol–water partition coefficient (Wildman–Crippen LogP) is 22.6. The van der Waals surface area contributed by atoms with Crippen LogP contribution in [0.3, 0.4) is 0 Å². The normalized spacial score (nSPS) is 14.3. The van der Waals surface area contributed by atoms with Crippen LogP contribution in [-0.4, -0.2) is 96.7 Å². The molecule has 96 heavy (non-hydrogen) atoms. The van der Waals surface area contributed by atoms with E-state index in [4.69, 9.17) is 37.0 Å². The third kappa shape index (κ3) is 69.2. The number of aliphatic hydroxyl groups excluding tert-OH is 1. The molecule has 0 amide bonds. The van der Waals surface area contributed by atoms with Crippen molar-refractivity contribution in [1.29, 1.82) is 0 Å². The highest BCUT2D eigenvalue weighted by Crippen LogP contribution is 2.45. The van der Waals surface area contributed by atoms with Gasteiger partial charge in [-0.05, 0) is 43.4 Å². The minimum absolute atomic E-state index is 0.104. The van der Waals surface area contributed by atoms with Crippen molar-refractivity contribution in [2.75, 3.05) is 39.6 Å². The number of aliphatic hydroxyl groups is 1. The minimum Gasteiger partial charge on any atom is -0.462 e. The lowest BCUT2D eigenvalue weighted by Gasteiger charge is -2.21. The van der Waals surface area contributed by atoms with Crippen molar-refractivity contribution in [3.8, 4) is 0 Å². The fourth-order valence-electron chi connectivity index (χ4n) is 11.7. The Morgan fingerprint density at radius 2 is 0.531 bits per heavy atom. The van der Waals surface area contributed by atoms with E-state index in [-0.39, 0.29) is 25.7 Å². The van der Waals surface area contributed by atoms with Crippen molar-refractivity contribution in [1.82, 2.24) is 0 Å². The molecule has 0 fully saturated rings. The van der Waals surface area contributed by atoms with Gasteiger partial charge in [-0.1, -0.05) is 344 Å². The van der Waals surface area contributed by atoms with Crippen LogP contribution in [0.5, 0.6) is 0 Å². The average molecular weight is 1410 g/mol. The summed E-state index contributed by atoms with van der Waals surface area (Å²) in [5.74, 6) is 0.257. The SMILES string of the molecule is CCCCCCCCCC(=O)OC[C@H](COP(=O)(O)OC[C@H](O)COP(=O)(O)OC[C@@H](COC(=O)CCCCCCCCCCCCCCCC(C)C)OC(=O)CCCCCCCCCCCCCCCCCCCCC(C)CC)OC(=O)CCCCCCCCCCC(C)C. The van der Waals surface area contributed by atoms with Crippen LogP contribution in [0.25, 0.3) is 0 Å². The van der Waals surface area contributed by atoms with E-state index in [9.17, 15) is 43.2 Å². The average Bonchev–Trinajstić information content (AvgIpc) is 2.25. The lowest BCUT2D eigenvalue weighted by atomic mass is 9.99. The molecule has 0 rings (SSSR count). The summed E-state index contributed by atoms with van der Waals surface area (Å²) in [7, 11) is -9.91. The summed E-state index contributed by atoms with van der Waals surface area (Å²) in [6.07, 6.45) is 54.4. The Morgan fingerprint density at radius 3 is 0.792 bits per heavy atom. The maximum atomic E-state index is 13.1. The fourth-order valence-corrected chi connectivity index (χ4v) is 13.3. The lowest BCUT2D eigenvalue weighted by Crippen LogP contribution is -2.30. The molecule has 570 valence electrons. The maximum Gasteiger partial charge on any atom is 0.472 e. The lowest BCUT2D eigenvalue weighted by molar-refractivity contribution is -0.161. The number of ether oxygens (including phenoxy) is 4. The largest absolute Gasteiger partial charge is 0.472 e. The molecule has 0 aliphatic heterocycles. The van der Waals surface area contributed by atoms with Crippen molar-refractivity contribution in [2.24, 2.45) is 17.8 Å². The topological polar surface area (TPSA) is 237 Å². The Bertz CT molecular complexity index is 1870. The van der Waals surface area contributed by atoms with Gasteiger partial charge in [-0.15, -0.1) is 0 Å². The summed E-state index contributed by atoms with van der Waals surface area (Å²) in [6.45, 7) is 11.9. The monoisotopic (exact) mass is 1410 g/mol. The Hall–Kier alpha value is -1.94. The zero-order valence-corrected chi connectivity index (χ0v) is 64.6. The van der Waals surface area contributed by atoms with Crippen LogP contribution in [0, 0.1) is 17.8 Å². The molecule has 0 bridgehead atoms. The molecule has 0 radical (unpaired) electrons. The quantitative estimate of drug-likeness (QED) is 0.0222. The first kappa shape index (κ1) is 94.1. The number of phosphoric ester groups is 2. The van der Waals surface area contributed by atoms with E-state index in [2.05, 4.69) is 48.5 Å². The number of phosphoric acid groups is 2. The molecule has 0 aliphatic carbocycles. The van der Waals surface area contributed by atoms with E-state index in [1.165, 1.54) is 193 Å². The van der Waals surface area contributed by atoms with Gasteiger partial charge in [0.2, 0.25) is 0 Å². The molecule has 0 aromatic heterocycles. The van der Waals surface area contributed by atoms with Crippen LogP contribution in [0.1, 0.15) is 395 Å². The minimum atomic E-state index is -4.96. The summed E-state index contributed by atoms with van der Waals surface area (Å²) >= 11 is 0. The third-order valence-corrected chi connectivity index (χ3v) is 20.1. The summed E-state index contributed by atoms with van der Waals surface area (Å²) in [5.41, 5.74) is 0. The van der Waals surface area contributed by atoms with Gasteiger partial charge >= 0.3 is 39.5 Å². The fraction of sp³-hybridized carbons (Fsp3) is 0.948. The van der Waals surface area contributed by atoms with E-state index < -0.39 is 97.5 Å². The molecule has 3 unspecified atom stereocenters. The zero-order chi connectivity index (χ0) is 70.9. The first-order valence-corrected chi connectivity index (χ1v) is 42.9. The number of hydrogen-bond donors (Lipinski definition) is 3. The second-order valence-corrected chi connectivity index (χ2v) is 31.8. The van der Waals surface area contributed by atoms with Gasteiger partial charge in [-0.25, -0.2) is 9.13 Å². The molecule has 19 heteroatoms. The summed E-state index contributed by atoms with van der Waals surface area (Å²) in [4.78, 5) is 72.6. The van der Waals surface area contributed by atoms with Crippen molar-refractivity contribution in [3.63, 3.8) is 0 Å². The number of carbonyl (C=O) groups excluding carboxylic acids is 4. The van der Waals surface area contributed by atoms with Crippen molar-refractivity contribution >= 4 is 39.5 Å².